The fourth-order valence-corrected chi connectivity index (χ4v) is 3.11. The van der Waals surface area contributed by atoms with Gasteiger partial charge in [-0.1, -0.05) is 18.2 Å². The van der Waals surface area contributed by atoms with Gasteiger partial charge in [0, 0.05) is 23.2 Å². The van der Waals surface area contributed by atoms with Crippen molar-refractivity contribution < 1.29 is 9.90 Å². The molecule has 1 aromatic rings. The Kier molecular flexibility index (Phi) is 3.85. The van der Waals surface area contributed by atoms with Gasteiger partial charge < -0.3 is 10.4 Å². The summed E-state index contributed by atoms with van der Waals surface area (Å²) in [7, 11) is 0. The number of carboxylic acid groups (broad SMARTS) is 1. The molecule has 0 saturated heterocycles. The van der Waals surface area contributed by atoms with Crippen molar-refractivity contribution in [2.75, 3.05) is 13.1 Å². The van der Waals surface area contributed by atoms with E-state index < -0.39 is 5.97 Å². The van der Waals surface area contributed by atoms with Gasteiger partial charge in [-0.25, -0.2) is 0 Å². The summed E-state index contributed by atoms with van der Waals surface area (Å²) in [6.07, 6.45) is 1.28. The van der Waals surface area contributed by atoms with E-state index in [1.54, 1.807) is 0 Å². The number of hydrogen-bond acceptors (Lipinski definition) is 3. The molecule has 0 bridgehead atoms. The molecule has 86 valence electrons. The van der Waals surface area contributed by atoms with Crippen LogP contribution in [-0.4, -0.2) is 29.4 Å². The second kappa shape index (κ2) is 5.37. The minimum absolute atomic E-state index is 0.199. The highest BCUT2D eigenvalue weighted by Gasteiger charge is 2.20. The van der Waals surface area contributed by atoms with Crippen molar-refractivity contribution >= 4 is 17.7 Å². The molecule has 2 rings (SSSR count). The molecule has 1 unspecified atom stereocenters. The quantitative estimate of drug-likeness (QED) is 0.766. The maximum absolute atomic E-state index is 10.3. The number of hydrogen-bond donors (Lipinski definition) is 2. The first-order valence-corrected chi connectivity index (χ1v) is 6.31. The third-order valence-corrected chi connectivity index (χ3v) is 3.92. The zero-order chi connectivity index (χ0) is 11.4. The molecule has 4 heteroatoms. The van der Waals surface area contributed by atoms with Crippen LogP contribution in [0.4, 0.5) is 0 Å². The molecule has 2 N–H and O–H groups in total. The molecular formula is C12H15NO2S. The number of aliphatic carboxylic acids is 1. The highest BCUT2D eigenvalue weighted by molar-refractivity contribution is 8.00. The smallest absolute Gasteiger partial charge is 0.304 e. The van der Waals surface area contributed by atoms with Crippen LogP contribution in [0.1, 0.15) is 12.0 Å². The van der Waals surface area contributed by atoms with Crippen LogP contribution < -0.4 is 5.32 Å². The highest BCUT2D eigenvalue weighted by atomic mass is 32.2. The van der Waals surface area contributed by atoms with Gasteiger partial charge in [0.25, 0.3) is 0 Å². The first-order valence-electron chi connectivity index (χ1n) is 5.43. The molecule has 0 saturated carbocycles. The molecule has 0 amide bonds. The lowest BCUT2D eigenvalue weighted by Gasteiger charge is -2.08. The van der Waals surface area contributed by atoms with E-state index in [-0.39, 0.29) is 6.42 Å². The normalized spacial score (nSPS) is 18.4. The Hall–Kier alpha value is -1.00. The minimum Gasteiger partial charge on any atom is -0.481 e. The van der Waals surface area contributed by atoms with Gasteiger partial charge in [0.1, 0.15) is 0 Å². The van der Waals surface area contributed by atoms with Gasteiger partial charge in [-0.2, -0.15) is 0 Å². The van der Waals surface area contributed by atoms with Gasteiger partial charge in [0.2, 0.25) is 0 Å². The molecule has 16 heavy (non-hydrogen) atoms. The van der Waals surface area contributed by atoms with E-state index in [1.165, 1.54) is 10.5 Å². The van der Waals surface area contributed by atoms with Crippen molar-refractivity contribution in [2.24, 2.45) is 0 Å². The molecule has 1 aliphatic rings. The van der Waals surface area contributed by atoms with Crippen molar-refractivity contribution in [1.29, 1.82) is 0 Å². The van der Waals surface area contributed by atoms with E-state index in [2.05, 4.69) is 29.6 Å². The lowest BCUT2D eigenvalue weighted by Crippen LogP contribution is -2.26. The predicted octanol–water partition coefficient (Wildman–Crippen LogP) is 1.77. The summed E-state index contributed by atoms with van der Waals surface area (Å²) in [4.78, 5) is 11.7. The Bertz CT molecular complexity index is 356. The average molecular weight is 237 g/mol. The standard InChI is InChI=1S/C12H15NO2S/c14-12(15)5-6-13-8-10-7-9-3-1-2-4-11(9)16-10/h1-4,10,13H,5-8H2,(H,14,15). The van der Waals surface area contributed by atoms with Crippen molar-refractivity contribution in [3.05, 3.63) is 29.8 Å². The Morgan fingerprint density at radius 3 is 3.06 bits per heavy atom. The Balaban J connectivity index is 1.73. The Labute approximate surface area is 99.2 Å². The van der Waals surface area contributed by atoms with E-state index >= 15 is 0 Å². The highest BCUT2D eigenvalue weighted by Crippen LogP contribution is 2.36. The third kappa shape index (κ3) is 3.00. The van der Waals surface area contributed by atoms with Crippen molar-refractivity contribution in [3.8, 4) is 0 Å². The van der Waals surface area contributed by atoms with Gasteiger partial charge >= 0.3 is 5.97 Å². The molecule has 1 atom stereocenters. The Morgan fingerprint density at radius 1 is 1.50 bits per heavy atom. The first-order chi connectivity index (χ1) is 7.75. The number of thioether (sulfide) groups is 1. The van der Waals surface area contributed by atoms with Crippen LogP contribution in [-0.2, 0) is 11.2 Å². The van der Waals surface area contributed by atoms with E-state index in [4.69, 9.17) is 5.11 Å². The Morgan fingerprint density at radius 2 is 2.31 bits per heavy atom. The van der Waals surface area contributed by atoms with E-state index in [1.807, 2.05) is 11.8 Å². The molecule has 0 aromatic heterocycles. The summed E-state index contributed by atoms with van der Waals surface area (Å²) >= 11 is 1.89. The molecule has 1 aliphatic heterocycles. The van der Waals surface area contributed by atoms with Crippen molar-refractivity contribution in [2.45, 2.75) is 23.0 Å². The monoisotopic (exact) mass is 237 g/mol. The summed E-state index contributed by atoms with van der Waals surface area (Å²) in [5.41, 5.74) is 1.41. The number of carbonyl (C=O) groups is 1. The molecule has 1 aromatic carbocycles. The van der Waals surface area contributed by atoms with Gasteiger partial charge in [-0.3, -0.25) is 4.79 Å². The summed E-state index contributed by atoms with van der Waals surface area (Å²) in [5, 5.41) is 12.2. The fraction of sp³-hybridized carbons (Fsp3) is 0.417. The summed E-state index contributed by atoms with van der Waals surface area (Å²) in [5.74, 6) is -0.741. The van der Waals surface area contributed by atoms with Crippen LogP contribution in [0.3, 0.4) is 0 Å². The van der Waals surface area contributed by atoms with Crippen molar-refractivity contribution in [1.82, 2.24) is 5.32 Å². The van der Waals surface area contributed by atoms with Crippen molar-refractivity contribution in [3.63, 3.8) is 0 Å². The van der Waals surface area contributed by atoms with E-state index in [0.717, 1.165) is 13.0 Å². The number of rotatable bonds is 5. The molecule has 3 nitrogen and oxygen atoms in total. The van der Waals surface area contributed by atoms with Crippen LogP contribution in [0.25, 0.3) is 0 Å². The minimum atomic E-state index is -0.741. The van der Waals surface area contributed by atoms with Gasteiger partial charge in [0.05, 0.1) is 6.42 Å². The zero-order valence-electron chi connectivity index (χ0n) is 8.98. The third-order valence-electron chi connectivity index (χ3n) is 2.60. The maximum Gasteiger partial charge on any atom is 0.304 e. The summed E-state index contributed by atoms with van der Waals surface area (Å²) in [6.45, 7) is 1.44. The van der Waals surface area contributed by atoms with Gasteiger partial charge in [-0.05, 0) is 18.1 Å². The summed E-state index contributed by atoms with van der Waals surface area (Å²) < 4.78 is 0. The van der Waals surface area contributed by atoms with Gasteiger partial charge in [-0.15, -0.1) is 11.8 Å². The predicted molar refractivity (Wildman–Crippen MR) is 64.9 cm³/mol. The first kappa shape index (κ1) is 11.5. The average Bonchev–Trinajstić information content (AvgIpc) is 2.66. The molecule has 0 aliphatic carbocycles. The van der Waals surface area contributed by atoms with Crippen LogP contribution in [0.5, 0.6) is 0 Å². The fourth-order valence-electron chi connectivity index (χ4n) is 1.83. The molecule has 0 fully saturated rings. The molecule has 1 heterocycles. The number of carboxylic acids is 1. The lowest BCUT2D eigenvalue weighted by molar-refractivity contribution is -0.136. The second-order valence-corrected chi connectivity index (χ2v) is 5.24. The van der Waals surface area contributed by atoms with Crippen LogP contribution in [0, 0.1) is 0 Å². The van der Waals surface area contributed by atoms with Crippen LogP contribution in [0.15, 0.2) is 29.2 Å². The van der Waals surface area contributed by atoms with Gasteiger partial charge in [0.15, 0.2) is 0 Å². The second-order valence-electron chi connectivity index (χ2n) is 3.90. The van der Waals surface area contributed by atoms with E-state index in [9.17, 15) is 4.79 Å². The van der Waals surface area contributed by atoms with Crippen LogP contribution >= 0.6 is 11.8 Å². The number of fused-ring (bicyclic) bond motifs is 1. The molecule has 0 radical (unpaired) electrons. The maximum atomic E-state index is 10.3. The SMILES string of the molecule is O=C(O)CCNCC1Cc2ccccc2S1. The number of nitrogens with one attached hydrogen (secondary N) is 1. The number of benzene rings is 1. The largest absolute Gasteiger partial charge is 0.481 e. The van der Waals surface area contributed by atoms with E-state index in [0.29, 0.717) is 11.8 Å². The summed E-state index contributed by atoms with van der Waals surface area (Å²) in [6, 6.07) is 8.45. The molecule has 0 spiro atoms. The van der Waals surface area contributed by atoms with Crippen LogP contribution in [0.2, 0.25) is 0 Å². The topological polar surface area (TPSA) is 49.3 Å². The molecular weight excluding hydrogens is 222 g/mol. The zero-order valence-corrected chi connectivity index (χ0v) is 9.80. The lowest BCUT2D eigenvalue weighted by atomic mass is 10.1.